The molecule has 0 aliphatic carbocycles. The van der Waals surface area contributed by atoms with Gasteiger partial charge in [0.2, 0.25) is 0 Å². The molecule has 0 radical (unpaired) electrons. The van der Waals surface area contributed by atoms with Crippen LogP contribution in [0.5, 0.6) is 0 Å². The monoisotopic (exact) mass is 389 g/mol. The normalized spacial score (nSPS) is 17.1. The van der Waals surface area contributed by atoms with E-state index in [2.05, 4.69) is 5.16 Å². The Morgan fingerprint density at radius 1 is 1.04 bits per heavy atom. The first-order valence-electron chi connectivity index (χ1n) is 8.42. The number of alkyl halides is 3. The lowest BCUT2D eigenvalue weighted by Crippen LogP contribution is -2.08. The predicted molar refractivity (Wildman–Crippen MR) is 100 cm³/mol. The number of rotatable bonds is 2. The molecule has 1 unspecified atom stereocenters. The molecule has 0 fully saturated rings. The summed E-state index contributed by atoms with van der Waals surface area (Å²) >= 11 is 5.89. The van der Waals surface area contributed by atoms with Gasteiger partial charge < -0.3 is 4.84 Å². The maximum Gasteiger partial charge on any atom is 0.416 e. The van der Waals surface area contributed by atoms with Gasteiger partial charge in [-0.05, 0) is 47.0 Å². The van der Waals surface area contributed by atoms with Crippen LogP contribution in [0.15, 0.2) is 59.8 Å². The highest BCUT2D eigenvalue weighted by atomic mass is 35.5. The minimum absolute atomic E-state index is 0.0256. The molecule has 138 valence electrons. The van der Waals surface area contributed by atoms with Gasteiger partial charge in [0, 0.05) is 17.0 Å². The first-order chi connectivity index (χ1) is 12.8. The molecule has 3 aromatic rings. The molecular formula is C21H15ClF3NO. The highest BCUT2D eigenvalue weighted by molar-refractivity contribution is 6.30. The molecule has 1 aliphatic rings. The van der Waals surface area contributed by atoms with Crippen LogP contribution in [-0.4, -0.2) is 5.71 Å². The van der Waals surface area contributed by atoms with Crippen LogP contribution in [-0.2, 0) is 11.0 Å². The van der Waals surface area contributed by atoms with E-state index in [4.69, 9.17) is 16.4 Å². The maximum absolute atomic E-state index is 13.1. The smallest absolute Gasteiger partial charge is 0.387 e. The van der Waals surface area contributed by atoms with Gasteiger partial charge in [-0.25, -0.2) is 0 Å². The van der Waals surface area contributed by atoms with Crippen molar-refractivity contribution in [3.8, 4) is 0 Å². The molecule has 27 heavy (non-hydrogen) atoms. The number of benzene rings is 3. The van der Waals surface area contributed by atoms with Crippen LogP contribution in [0.25, 0.3) is 10.8 Å². The molecule has 2 nitrogen and oxygen atoms in total. The largest absolute Gasteiger partial charge is 0.416 e. The second-order valence-electron chi connectivity index (χ2n) is 6.58. The molecule has 1 atom stereocenters. The molecule has 1 heterocycles. The van der Waals surface area contributed by atoms with Crippen LogP contribution in [0.2, 0.25) is 5.02 Å². The van der Waals surface area contributed by atoms with E-state index in [9.17, 15) is 13.2 Å². The van der Waals surface area contributed by atoms with Crippen molar-refractivity contribution in [2.24, 2.45) is 5.16 Å². The third-order valence-electron chi connectivity index (χ3n) is 4.74. The van der Waals surface area contributed by atoms with Gasteiger partial charge in [-0.3, -0.25) is 0 Å². The third kappa shape index (κ3) is 3.39. The summed E-state index contributed by atoms with van der Waals surface area (Å²) in [6.45, 7) is 2.03. The van der Waals surface area contributed by atoms with Gasteiger partial charge in [-0.2, -0.15) is 13.2 Å². The summed E-state index contributed by atoms with van der Waals surface area (Å²) in [6.07, 6.45) is -4.68. The van der Waals surface area contributed by atoms with Gasteiger partial charge in [0.25, 0.3) is 0 Å². The van der Waals surface area contributed by atoms with E-state index < -0.39 is 17.8 Å². The fourth-order valence-electron chi connectivity index (χ4n) is 3.38. The molecule has 0 amide bonds. The zero-order valence-electron chi connectivity index (χ0n) is 14.3. The fourth-order valence-corrected chi connectivity index (χ4v) is 3.62. The van der Waals surface area contributed by atoms with Gasteiger partial charge >= 0.3 is 6.18 Å². The number of halogens is 4. The lowest BCUT2D eigenvalue weighted by molar-refractivity contribution is -0.137. The topological polar surface area (TPSA) is 21.6 Å². The lowest BCUT2D eigenvalue weighted by atomic mass is 9.94. The Labute approximate surface area is 159 Å². The number of fused-ring (bicyclic) bond motifs is 1. The van der Waals surface area contributed by atoms with E-state index in [1.165, 1.54) is 6.07 Å². The molecule has 4 rings (SSSR count). The molecule has 0 spiro atoms. The minimum Gasteiger partial charge on any atom is -0.387 e. The van der Waals surface area contributed by atoms with Gasteiger partial charge in [-0.15, -0.1) is 0 Å². The predicted octanol–water partition coefficient (Wildman–Crippen LogP) is 6.69. The zero-order chi connectivity index (χ0) is 19.2. The van der Waals surface area contributed by atoms with Crippen molar-refractivity contribution in [2.75, 3.05) is 0 Å². The highest BCUT2D eigenvalue weighted by Gasteiger charge is 2.33. The Morgan fingerprint density at radius 3 is 2.52 bits per heavy atom. The molecule has 0 bridgehead atoms. The summed E-state index contributed by atoms with van der Waals surface area (Å²) in [6, 6.07) is 15.4. The van der Waals surface area contributed by atoms with E-state index >= 15 is 0 Å². The van der Waals surface area contributed by atoms with Gasteiger partial charge in [0.15, 0.2) is 6.10 Å². The van der Waals surface area contributed by atoms with Crippen molar-refractivity contribution < 1.29 is 18.0 Å². The lowest BCUT2D eigenvalue weighted by Gasteiger charge is -2.13. The first-order valence-corrected chi connectivity index (χ1v) is 8.80. The fraction of sp³-hybridized carbons (Fsp3) is 0.190. The number of nitrogens with zero attached hydrogens (tertiary/aromatic N) is 1. The maximum atomic E-state index is 13.1. The standard InChI is InChI=1S/C21H15ClF3NO/c1-12-6-7-18(17-5-3-2-4-16(12)17)19-11-20(27-26-19)13-8-14(21(23,24)25)10-15(22)9-13/h2-10,20H,11H2,1H3. The Kier molecular flexibility index (Phi) is 4.35. The Balaban J connectivity index is 1.67. The average molecular weight is 390 g/mol. The summed E-state index contributed by atoms with van der Waals surface area (Å²) in [5, 5.41) is 6.34. The number of hydrogen-bond acceptors (Lipinski definition) is 2. The van der Waals surface area contributed by atoms with Gasteiger partial charge in [0.05, 0.1) is 11.3 Å². The molecule has 1 aliphatic heterocycles. The molecular weight excluding hydrogens is 375 g/mol. The van der Waals surface area contributed by atoms with Crippen molar-refractivity contribution in [1.29, 1.82) is 0 Å². The average Bonchev–Trinajstić information content (AvgIpc) is 3.11. The Hall–Kier alpha value is -2.53. The Morgan fingerprint density at radius 2 is 1.78 bits per heavy atom. The first kappa shape index (κ1) is 17.9. The SMILES string of the molecule is Cc1ccc(C2=NOC(c3cc(Cl)cc(C(F)(F)F)c3)C2)c2ccccc12. The molecule has 3 aromatic carbocycles. The summed E-state index contributed by atoms with van der Waals surface area (Å²) in [5.41, 5.74) is 2.37. The summed E-state index contributed by atoms with van der Waals surface area (Å²) in [5.74, 6) is 0. The van der Waals surface area contributed by atoms with Gasteiger partial charge in [-0.1, -0.05) is 53.2 Å². The van der Waals surface area contributed by atoms with Crippen molar-refractivity contribution in [3.63, 3.8) is 0 Å². The van der Waals surface area contributed by atoms with Gasteiger partial charge in [0.1, 0.15) is 0 Å². The van der Waals surface area contributed by atoms with Crippen molar-refractivity contribution in [3.05, 3.63) is 81.9 Å². The molecule has 0 N–H and O–H groups in total. The van der Waals surface area contributed by atoms with Crippen LogP contribution in [0.3, 0.4) is 0 Å². The van der Waals surface area contributed by atoms with E-state index in [1.54, 1.807) is 0 Å². The second kappa shape index (κ2) is 6.57. The van der Waals surface area contributed by atoms with E-state index in [1.807, 2.05) is 43.3 Å². The molecule has 0 saturated carbocycles. The van der Waals surface area contributed by atoms with E-state index in [0.29, 0.717) is 17.7 Å². The second-order valence-corrected chi connectivity index (χ2v) is 7.02. The van der Waals surface area contributed by atoms with Crippen molar-refractivity contribution in [1.82, 2.24) is 0 Å². The molecule has 0 aromatic heterocycles. The van der Waals surface area contributed by atoms with Crippen LogP contribution < -0.4 is 0 Å². The molecule has 6 heteroatoms. The highest BCUT2D eigenvalue weighted by Crippen LogP contribution is 2.37. The number of hydrogen-bond donors (Lipinski definition) is 0. The Bertz CT molecular complexity index is 1060. The molecule has 0 saturated heterocycles. The van der Waals surface area contributed by atoms with Crippen LogP contribution in [0.1, 0.15) is 34.8 Å². The zero-order valence-corrected chi connectivity index (χ0v) is 15.1. The van der Waals surface area contributed by atoms with Crippen LogP contribution in [0, 0.1) is 6.92 Å². The van der Waals surface area contributed by atoms with Crippen LogP contribution in [0.4, 0.5) is 13.2 Å². The minimum atomic E-state index is -4.46. The van der Waals surface area contributed by atoms with E-state index in [0.717, 1.165) is 34.0 Å². The number of oxime groups is 1. The number of aryl methyl sites for hydroxylation is 1. The summed E-state index contributed by atoms with van der Waals surface area (Å²) in [7, 11) is 0. The summed E-state index contributed by atoms with van der Waals surface area (Å²) < 4.78 is 39.2. The van der Waals surface area contributed by atoms with Crippen molar-refractivity contribution >= 4 is 28.1 Å². The van der Waals surface area contributed by atoms with Crippen LogP contribution >= 0.6 is 11.6 Å². The van der Waals surface area contributed by atoms with Crippen molar-refractivity contribution in [2.45, 2.75) is 25.6 Å². The third-order valence-corrected chi connectivity index (χ3v) is 4.96. The quantitative estimate of drug-likeness (QED) is 0.478. The van der Waals surface area contributed by atoms with E-state index in [-0.39, 0.29) is 5.02 Å². The summed E-state index contributed by atoms with van der Waals surface area (Å²) in [4.78, 5) is 5.47.